The maximum absolute atomic E-state index is 10.7. The van der Waals surface area contributed by atoms with E-state index in [4.69, 9.17) is 14.7 Å². The van der Waals surface area contributed by atoms with Crippen LogP contribution in [0, 0.1) is 11.3 Å². The number of hydrogen-bond donors (Lipinski definition) is 0. The molecule has 0 N–H and O–H groups in total. The van der Waals surface area contributed by atoms with Crippen molar-refractivity contribution in [3.8, 4) is 6.07 Å². The Morgan fingerprint density at radius 1 is 1.17 bits per heavy atom. The number of epoxide rings is 1. The lowest BCUT2D eigenvalue weighted by Crippen LogP contribution is -2.09. The highest BCUT2D eigenvalue weighted by molar-refractivity contribution is 5.87. The summed E-state index contributed by atoms with van der Waals surface area (Å²) in [6.07, 6.45) is 7.10. The van der Waals surface area contributed by atoms with Gasteiger partial charge in [-0.1, -0.05) is 61.7 Å². The highest BCUT2D eigenvalue weighted by Gasteiger charge is 2.24. The molecule has 6 heteroatoms. The fourth-order valence-corrected chi connectivity index (χ4v) is 1.46. The maximum Gasteiger partial charge on any atom is 0.333 e. The van der Waals surface area contributed by atoms with Gasteiger partial charge >= 0.3 is 11.9 Å². The first-order chi connectivity index (χ1) is 13.8. The van der Waals surface area contributed by atoms with Gasteiger partial charge in [0.25, 0.3) is 0 Å². The number of ether oxygens (including phenoxy) is 3. The topological polar surface area (TPSA) is 88.9 Å². The molecule has 6 nitrogen and oxygen atoms in total. The van der Waals surface area contributed by atoms with Gasteiger partial charge in [0.1, 0.15) is 12.7 Å². The van der Waals surface area contributed by atoms with Gasteiger partial charge in [0, 0.05) is 17.2 Å². The van der Waals surface area contributed by atoms with Crippen molar-refractivity contribution in [1.82, 2.24) is 0 Å². The minimum atomic E-state index is -0.347. The predicted molar refractivity (Wildman–Crippen MR) is 113 cm³/mol. The molecular weight excluding hydrogens is 370 g/mol. The van der Waals surface area contributed by atoms with Crippen LogP contribution >= 0.6 is 0 Å². The van der Waals surface area contributed by atoms with E-state index in [1.54, 1.807) is 19.9 Å². The second-order valence-corrected chi connectivity index (χ2v) is 5.86. The monoisotopic (exact) mass is 397 g/mol. The third-order valence-corrected chi connectivity index (χ3v) is 3.06. The van der Waals surface area contributed by atoms with Crippen molar-refractivity contribution < 1.29 is 23.8 Å². The van der Waals surface area contributed by atoms with E-state index in [1.807, 2.05) is 48.6 Å². The van der Waals surface area contributed by atoms with Gasteiger partial charge < -0.3 is 14.2 Å². The van der Waals surface area contributed by atoms with E-state index in [2.05, 4.69) is 17.9 Å². The van der Waals surface area contributed by atoms with Gasteiger partial charge in [0.2, 0.25) is 0 Å². The lowest BCUT2D eigenvalue weighted by molar-refractivity contribution is -0.139. The van der Waals surface area contributed by atoms with E-state index < -0.39 is 0 Å². The summed E-state index contributed by atoms with van der Waals surface area (Å²) < 4.78 is 13.9. The van der Waals surface area contributed by atoms with Crippen LogP contribution in [-0.4, -0.2) is 38.4 Å². The van der Waals surface area contributed by atoms with Crippen LogP contribution in [-0.2, 0) is 23.8 Å². The Morgan fingerprint density at radius 2 is 1.76 bits per heavy atom. The highest BCUT2D eigenvalue weighted by atomic mass is 16.6. The third kappa shape index (κ3) is 15.3. The number of benzene rings is 1. The number of methoxy groups -OCH3 is 1. The van der Waals surface area contributed by atoms with E-state index in [0.29, 0.717) is 24.4 Å². The molecule has 1 unspecified atom stereocenters. The number of hydrogen-bond acceptors (Lipinski definition) is 6. The summed E-state index contributed by atoms with van der Waals surface area (Å²) in [6, 6.07) is 11.9. The number of rotatable bonds is 6. The Morgan fingerprint density at radius 3 is 2.17 bits per heavy atom. The molecule has 0 amide bonds. The van der Waals surface area contributed by atoms with Crippen LogP contribution in [0.25, 0.3) is 6.08 Å². The first-order valence-electron chi connectivity index (χ1n) is 8.77. The van der Waals surface area contributed by atoms with Crippen molar-refractivity contribution in [2.45, 2.75) is 20.0 Å². The van der Waals surface area contributed by atoms with E-state index in [9.17, 15) is 9.59 Å². The molecule has 0 spiro atoms. The van der Waals surface area contributed by atoms with Crippen molar-refractivity contribution in [3.05, 3.63) is 78.4 Å². The molecule has 154 valence electrons. The Hall–Kier alpha value is -3.43. The molecule has 2 rings (SSSR count). The summed E-state index contributed by atoms with van der Waals surface area (Å²) >= 11 is 0. The molecule has 0 bridgehead atoms. The minimum Gasteiger partial charge on any atom is -0.466 e. The summed E-state index contributed by atoms with van der Waals surface area (Å²) in [5.74, 6) is -0.685. The summed E-state index contributed by atoms with van der Waals surface area (Å²) in [4.78, 5) is 20.9. The van der Waals surface area contributed by atoms with Crippen molar-refractivity contribution in [3.63, 3.8) is 0 Å². The lowest BCUT2D eigenvalue weighted by atomic mass is 10.2. The average molecular weight is 397 g/mol. The van der Waals surface area contributed by atoms with Crippen molar-refractivity contribution >= 4 is 18.0 Å². The Labute approximate surface area is 172 Å². The Balaban J connectivity index is 0.000000421. The normalized spacial score (nSPS) is 13.8. The maximum atomic E-state index is 10.7. The van der Waals surface area contributed by atoms with Crippen molar-refractivity contribution in [2.24, 2.45) is 0 Å². The average Bonchev–Trinajstić information content (AvgIpc) is 3.55. The molecule has 29 heavy (non-hydrogen) atoms. The second-order valence-electron chi connectivity index (χ2n) is 5.86. The number of allylic oxidation sites excluding steroid dienone is 3. The summed E-state index contributed by atoms with van der Waals surface area (Å²) in [6.45, 7) is 11.1. The first kappa shape index (κ1) is 25.6. The molecule has 0 aliphatic carbocycles. The van der Waals surface area contributed by atoms with Crippen molar-refractivity contribution in [1.29, 1.82) is 5.26 Å². The van der Waals surface area contributed by atoms with E-state index in [1.165, 1.54) is 13.2 Å². The lowest BCUT2D eigenvalue weighted by Gasteiger charge is -1.99. The predicted octanol–water partition coefficient (Wildman–Crippen LogP) is 4.02. The zero-order valence-corrected chi connectivity index (χ0v) is 17.1. The van der Waals surface area contributed by atoms with Crippen LogP contribution in [0.2, 0.25) is 0 Å². The highest BCUT2D eigenvalue weighted by Crippen LogP contribution is 2.09. The number of nitriles is 1. The molecule has 0 radical (unpaired) electrons. The molecular formula is C23H27NO5. The minimum absolute atomic E-state index is 0.142. The van der Waals surface area contributed by atoms with Gasteiger partial charge in [-0.05, 0) is 19.4 Å². The fraction of sp³-hybridized carbons (Fsp3) is 0.261. The van der Waals surface area contributed by atoms with Crippen LogP contribution in [0.1, 0.15) is 19.4 Å². The van der Waals surface area contributed by atoms with Gasteiger partial charge in [-0.15, -0.1) is 0 Å². The molecule has 1 aliphatic heterocycles. The second kappa shape index (κ2) is 15.6. The number of nitrogens with zero attached hydrogens (tertiary/aromatic N) is 1. The van der Waals surface area contributed by atoms with Crippen LogP contribution in [0.5, 0.6) is 0 Å². The summed E-state index contributed by atoms with van der Waals surface area (Å²) in [7, 11) is 1.33. The molecule has 1 atom stereocenters. The Kier molecular flexibility index (Phi) is 13.8. The standard InChI is InChI=1S/C11H9N.C7H10O3.C5H8O2/c12-10-6-2-5-9-11-7-3-1-4-8-11;1-5(2)7(8)10-4-6-3-9-6;1-4(2)5(6)7-3/h1-9H;6H,1,3-4H2,2H3;1H2,2-3H3. The molecule has 1 heterocycles. The van der Waals surface area contributed by atoms with Gasteiger partial charge in [-0.2, -0.15) is 5.26 Å². The molecule has 1 fully saturated rings. The zero-order valence-electron chi connectivity index (χ0n) is 17.1. The van der Waals surface area contributed by atoms with Crippen LogP contribution < -0.4 is 0 Å². The number of carbonyl (C=O) groups excluding carboxylic acids is 2. The van der Waals surface area contributed by atoms with E-state index in [0.717, 1.165) is 5.56 Å². The summed E-state index contributed by atoms with van der Waals surface area (Å²) in [5, 5.41) is 8.19. The van der Waals surface area contributed by atoms with Gasteiger partial charge in [0.05, 0.1) is 19.8 Å². The van der Waals surface area contributed by atoms with E-state index >= 15 is 0 Å². The molecule has 1 saturated heterocycles. The molecule has 1 aromatic carbocycles. The smallest absolute Gasteiger partial charge is 0.333 e. The summed E-state index contributed by atoms with van der Waals surface area (Å²) in [5.41, 5.74) is 2.00. The van der Waals surface area contributed by atoms with Crippen LogP contribution in [0.15, 0.2) is 72.9 Å². The Bertz CT molecular complexity index is 768. The quantitative estimate of drug-likeness (QED) is 0.237. The van der Waals surface area contributed by atoms with Crippen LogP contribution in [0.3, 0.4) is 0 Å². The van der Waals surface area contributed by atoms with Gasteiger partial charge in [0.15, 0.2) is 0 Å². The number of esters is 2. The third-order valence-electron chi connectivity index (χ3n) is 3.06. The van der Waals surface area contributed by atoms with E-state index in [-0.39, 0.29) is 18.0 Å². The SMILES string of the molecule is C=C(C)C(=O)OC.C=C(C)C(=O)OCC1CO1.N#CC=CC=Cc1ccccc1. The first-order valence-corrected chi connectivity index (χ1v) is 8.77. The molecule has 0 saturated carbocycles. The van der Waals surface area contributed by atoms with Gasteiger partial charge in [-0.25, -0.2) is 9.59 Å². The molecule has 1 aromatic rings. The van der Waals surface area contributed by atoms with Crippen molar-refractivity contribution in [2.75, 3.05) is 20.3 Å². The zero-order chi connectivity index (χ0) is 22.1. The fourth-order valence-electron chi connectivity index (χ4n) is 1.46. The molecule has 0 aromatic heterocycles. The van der Waals surface area contributed by atoms with Crippen LogP contribution in [0.4, 0.5) is 0 Å². The largest absolute Gasteiger partial charge is 0.466 e. The molecule has 1 aliphatic rings. The number of carbonyl (C=O) groups is 2. The van der Waals surface area contributed by atoms with Gasteiger partial charge in [-0.3, -0.25) is 0 Å².